The fraction of sp³-hybridized carbons (Fsp3) is 0.0833. The number of para-hydroxylation sites is 1. The lowest BCUT2D eigenvalue weighted by molar-refractivity contribution is 0.102. The first-order chi connectivity index (χ1) is 14.6. The van der Waals surface area contributed by atoms with Crippen LogP contribution in [-0.4, -0.2) is 12.5 Å². The minimum Gasteiger partial charge on any atom is -0.493 e. The van der Waals surface area contributed by atoms with E-state index in [0.29, 0.717) is 50.9 Å². The third kappa shape index (κ3) is 3.93. The quantitative estimate of drug-likeness (QED) is 0.446. The van der Waals surface area contributed by atoms with Crippen LogP contribution in [0.5, 0.6) is 5.75 Å². The van der Waals surface area contributed by atoms with Crippen LogP contribution in [0.2, 0.25) is 5.02 Å². The van der Waals surface area contributed by atoms with E-state index in [9.17, 15) is 9.59 Å². The van der Waals surface area contributed by atoms with Gasteiger partial charge in [0, 0.05) is 17.8 Å². The summed E-state index contributed by atoms with van der Waals surface area (Å²) >= 11 is 6.10. The number of ether oxygens (including phenoxy) is 1. The van der Waals surface area contributed by atoms with Gasteiger partial charge in [-0.25, -0.2) is 0 Å². The summed E-state index contributed by atoms with van der Waals surface area (Å²) < 4.78 is 11.7. The molecule has 0 aliphatic rings. The molecule has 0 fully saturated rings. The lowest BCUT2D eigenvalue weighted by Gasteiger charge is -2.11. The van der Waals surface area contributed by atoms with Crippen molar-refractivity contribution in [1.82, 2.24) is 0 Å². The summed E-state index contributed by atoms with van der Waals surface area (Å²) in [6.07, 6.45) is 0. The molecule has 0 aliphatic carbocycles. The van der Waals surface area contributed by atoms with Crippen LogP contribution in [0.15, 0.2) is 82.0 Å². The lowest BCUT2D eigenvalue weighted by atomic mass is 10.1. The summed E-state index contributed by atoms with van der Waals surface area (Å²) in [6, 6.07) is 20.5. The molecule has 0 atom stereocenters. The molecule has 30 heavy (non-hydrogen) atoms. The zero-order chi connectivity index (χ0) is 21.1. The minimum atomic E-state index is -0.347. The van der Waals surface area contributed by atoms with Gasteiger partial charge in [0.25, 0.3) is 5.91 Å². The van der Waals surface area contributed by atoms with Crippen LogP contribution in [0.1, 0.15) is 17.3 Å². The Hall–Kier alpha value is -3.57. The smallest absolute Gasteiger partial charge is 0.257 e. The SMILES string of the molecule is CCOc1ccccc1-c1cc(=O)c2ccc(NC(=O)c3ccccc3Cl)cc2o1. The Morgan fingerprint density at radius 2 is 1.80 bits per heavy atom. The van der Waals surface area contributed by atoms with Crippen LogP contribution in [0.3, 0.4) is 0 Å². The van der Waals surface area contributed by atoms with Crippen LogP contribution in [-0.2, 0) is 0 Å². The summed E-state index contributed by atoms with van der Waals surface area (Å²) in [5, 5.41) is 3.57. The van der Waals surface area contributed by atoms with Crippen molar-refractivity contribution < 1.29 is 13.9 Å². The maximum Gasteiger partial charge on any atom is 0.257 e. The Bertz CT molecular complexity index is 1300. The third-order valence-electron chi connectivity index (χ3n) is 4.56. The topological polar surface area (TPSA) is 68.5 Å². The number of halogens is 1. The van der Waals surface area contributed by atoms with Crippen molar-refractivity contribution in [2.24, 2.45) is 0 Å². The van der Waals surface area contributed by atoms with Crippen LogP contribution < -0.4 is 15.5 Å². The Balaban J connectivity index is 1.73. The largest absolute Gasteiger partial charge is 0.493 e. The summed E-state index contributed by atoms with van der Waals surface area (Å²) in [7, 11) is 0. The van der Waals surface area contributed by atoms with Crippen molar-refractivity contribution in [3.05, 3.63) is 93.6 Å². The summed E-state index contributed by atoms with van der Waals surface area (Å²) in [4.78, 5) is 25.2. The zero-order valence-corrected chi connectivity index (χ0v) is 16.9. The molecule has 5 nitrogen and oxygen atoms in total. The maximum absolute atomic E-state index is 12.6. The van der Waals surface area contributed by atoms with Crippen LogP contribution in [0.4, 0.5) is 5.69 Å². The van der Waals surface area contributed by atoms with Crippen LogP contribution >= 0.6 is 11.6 Å². The van der Waals surface area contributed by atoms with E-state index in [4.69, 9.17) is 20.8 Å². The fourth-order valence-corrected chi connectivity index (χ4v) is 3.38. The van der Waals surface area contributed by atoms with Gasteiger partial charge in [-0.05, 0) is 43.3 Å². The molecule has 0 saturated carbocycles. The van der Waals surface area contributed by atoms with Gasteiger partial charge < -0.3 is 14.5 Å². The molecule has 1 aromatic heterocycles. The first-order valence-electron chi connectivity index (χ1n) is 9.43. The Labute approximate surface area is 177 Å². The standard InChI is InChI=1S/C24H18ClNO4/c1-2-29-21-10-6-4-8-18(21)23-14-20(27)17-12-11-15(13-22(17)30-23)26-24(28)16-7-3-5-9-19(16)25/h3-14H,2H2,1H3,(H,26,28). The van der Waals surface area contributed by atoms with E-state index in [1.54, 1.807) is 42.5 Å². The van der Waals surface area contributed by atoms with Gasteiger partial charge in [-0.1, -0.05) is 35.9 Å². The van der Waals surface area contributed by atoms with Crippen LogP contribution in [0.25, 0.3) is 22.3 Å². The second kappa shape index (κ2) is 8.43. The molecule has 0 aliphatic heterocycles. The van der Waals surface area contributed by atoms with Gasteiger partial charge in [-0.3, -0.25) is 9.59 Å². The van der Waals surface area contributed by atoms with Crippen molar-refractivity contribution in [3.63, 3.8) is 0 Å². The van der Waals surface area contributed by atoms with Gasteiger partial charge in [-0.2, -0.15) is 0 Å². The third-order valence-corrected chi connectivity index (χ3v) is 4.89. The van der Waals surface area contributed by atoms with Gasteiger partial charge >= 0.3 is 0 Å². The van der Waals surface area contributed by atoms with Crippen molar-refractivity contribution >= 4 is 34.2 Å². The fourth-order valence-electron chi connectivity index (χ4n) is 3.16. The molecule has 4 aromatic rings. The van der Waals surface area contributed by atoms with E-state index < -0.39 is 0 Å². The number of nitrogens with one attached hydrogen (secondary N) is 1. The number of benzene rings is 3. The molecule has 1 N–H and O–H groups in total. The molecule has 0 unspecified atom stereocenters. The predicted molar refractivity (Wildman–Crippen MR) is 118 cm³/mol. The number of anilines is 1. The van der Waals surface area contributed by atoms with Gasteiger partial charge in [-0.15, -0.1) is 0 Å². The number of hydrogen-bond acceptors (Lipinski definition) is 4. The predicted octanol–water partition coefficient (Wildman–Crippen LogP) is 5.76. The molecule has 0 spiro atoms. The van der Waals surface area contributed by atoms with E-state index in [1.165, 1.54) is 6.07 Å². The monoisotopic (exact) mass is 419 g/mol. The minimum absolute atomic E-state index is 0.179. The van der Waals surface area contributed by atoms with Crippen molar-refractivity contribution in [2.45, 2.75) is 6.92 Å². The molecule has 150 valence electrons. The van der Waals surface area contributed by atoms with Crippen LogP contribution in [0, 0.1) is 0 Å². The molecule has 1 amide bonds. The summed E-state index contributed by atoms with van der Waals surface area (Å²) in [5.74, 6) is 0.678. The molecular formula is C24H18ClNO4. The summed E-state index contributed by atoms with van der Waals surface area (Å²) in [6.45, 7) is 2.38. The van der Waals surface area contributed by atoms with Crippen molar-refractivity contribution in [1.29, 1.82) is 0 Å². The van der Waals surface area contributed by atoms with E-state index >= 15 is 0 Å². The average molecular weight is 420 g/mol. The number of fused-ring (bicyclic) bond motifs is 1. The second-order valence-corrected chi connectivity index (χ2v) is 6.96. The lowest BCUT2D eigenvalue weighted by Crippen LogP contribution is -2.12. The molecule has 6 heteroatoms. The average Bonchev–Trinajstić information content (AvgIpc) is 2.74. The Morgan fingerprint density at radius 1 is 1.03 bits per heavy atom. The van der Waals surface area contributed by atoms with Crippen molar-refractivity contribution in [2.75, 3.05) is 11.9 Å². The normalized spacial score (nSPS) is 10.7. The highest BCUT2D eigenvalue weighted by Crippen LogP contribution is 2.31. The highest BCUT2D eigenvalue weighted by atomic mass is 35.5. The first kappa shape index (κ1) is 19.7. The molecule has 0 bridgehead atoms. The van der Waals surface area contributed by atoms with E-state index in [-0.39, 0.29) is 11.3 Å². The van der Waals surface area contributed by atoms with Gasteiger partial charge in [0.2, 0.25) is 0 Å². The highest BCUT2D eigenvalue weighted by Gasteiger charge is 2.14. The molecule has 1 heterocycles. The molecule has 4 rings (SSSR count). The molecule has 0 saturated heterocycles. The molecular weight excluding hydrogens is 402 g/mol. The van der Waals surface area contributed by atoms with Crippen molar-refractivity contribution in [3.8, 4) is 17.1 Å². The number of carbonyl (C=O) groups is 1. The number of rotatable bonds is 5. The highest BCUT2D eigenvalue weighted by molar-refractivity contribution is 6.34. The summed E-state index contributed by atoms with van der Waals surface area (Å²) in [5.41, 5.74) is 1.72. The Kier molecular flexibility index (Phi) is 5.55. The molecule has 0 radical (unpaired) electrons. The van der Waals surface area contributed by atoms with Gasteiger partial charge in [0.1, 0.15) is 17.1 Å². The Morgan fingerprint density at radius 3 is 2.60 bits per heavy atom. The maximum atomic E-state index is 12.6. The van der Waals surface area contributed by atoms with E-state index in [1.807, 2.05) is 31.2 Å². The van der Waals surface area contributed by atoms with Gasteiger partial charge in [0.05, 0.1) is 28.1 Å². The number of carbonyl (C=O) groups excluding carboxylic acids is 1. The van der Waals surface area contributed by atoms with Gasteiger partial charge in [0.15, 0.2) is 5.43 Å². The first-order valence-corrected chi connectivity index (χ1v) is 9.80. The number of amides is 1. The second-order valence-electron chi connectivity index (χ2n) is 6.55. The number of hydrogen-bond donors (Lipinski definition) is 1. The van der Waals surface area contributed by atoms with E-state index in [0.717, 1.165) is 0 Å². The zero-order valence-electron chi connectivity index (χ0n) is 16.1. The van der Waals surface area contributed by atoms with E-state index in [2.05, 4.69) is 5.32 Å². The molecule has 3 aromatic carbocycles.